The van der Waals surface area contributed by atoms with Crippen LogP contribution in [0.15, 0.2) is 34.0 Å². The molecule has 3 aliphatic rings. The van der Waals surface area contributed by atoms with Crippen molar-refractivity contribution < 1.29 is 9.90 Å². The highest BCUT2D eigenvalue weighted by atomic mass is 35.5. The Balaban J connectivity index is 1.92. The summed E-state index contributed by atoms with van der Waals surface area (Å²) in [6.45, 7) is 0. The van der Waals surface area contributed by atoms with Crippen molar-refractivity contribution in [2.45, 2.75) is 31.6 Å². The smallest absolute Gasteiger partial charge is 0.161 e. The van der Waals surface area contributed by atoms with Crippen LogP contribution >= 0.6 is 35.0 Å². The van der Waals surface area contributed by atoms with Crippen LogP contribution in [-0.4, -0.2) is 16.6 Å². The van der Waals surface area contributed by atoms with Crippen molar-refractivity contribution in [2.75, 3.05) is 5.75 Å². The van der Waals surface area contributed by atoms with E-state index in [4.69, 9.17) is 23.2 Å². The van der Waals surface area contributed by atoms with Gasteiger partial charge < -0.3 is 10.4 Å². The largest absolute Gasteiger partial charge is 0.508 e. The molecule has 2 N–H and O–H groups in total. The van der Waals surface area contributed by atoms with Gasteiger partial charge in [-0.3, -0.25) is 4.79 Å². The Morgan fingerprint density at radius 3 is 2.74 bits per heavy atom. The summed E-state index contributed by atoms with van der Waals surface area (Å²) in [6, 6.07) is 3.17. The van der Waals surface area contributed by atoms with Crippen molar-refractivity contribution in [1.82, 2.24) is 5.32 Å². The minimum absolute atomic E-state index is 0.0934. The van der Waals surface area contributed by atoms with E-state index in [1.54, 1.807) is 17.8 Å². The highest BCUT2D eigenvalue weighted by molar-refractivity contribution is 8.03. The number of phenolic OH excluding ortho intramolecular Hbond substituents is 1. The molecular formula is C17H15Cl2NO2S. The van der Waals surface area contributed by atoms with Gasteiger partial charge in [-0.25, -0.2) is 0 Å². The van der Waals surface area contributed by atoms with Gasteiger partial charge in [0.05, 0.1) is 16.0 Å². The van der Waals surface area contributed by atoms with Crippen LogP contribution in [-0.2, 0) is 4.79 Å². The molecule has 0 amide bonds. The number of rotatable bonds is 1. The zero-order chi connectivity index (χ0) is 16.1. The molecule has 2 aliphatic heterocycles. The molecule has 0 fully saturated rings. The molecule has 0 radical (unpaired) electrons. The number of dihydropyridines is 1. The van der Waals surface area contributed by atoms with E-state index in [2.05, 4.69) is 5.32 Å². The van der Waals surface area contributed by atoms with Gasteiger partial charge in [-0.15, -0.1) is 11.8 Å². The van der Waals surface area contributed by atoms with Gasteiger partial charge in [-0.2, -0.15) is 0 Å². The van der Waals surface area contributed by atoms with Crippen LogP contribution in [0.4, 0.5) is 0 Å². The van der Waals surface area contributed by atoms with Crippen molar-refractivity contribution in [1.29, 1.82) is 0 Å². The first-order chi connectivity index (χ1) is 11.1. The van der Waals surface area contributed by atoms with E-state index in [1.807, 2.05) is 0 Å². The number of benzene rings is 1. The Bertz CT molecular complexity index is 785. The molecule has 3 nitrogen and oxygen atoms in total. The number of hydrogen-bond acceptors (Lipinski definition) is 4. The quantitative estimate of drug-likeness (QED) is 0.752. The monoisotopic (exact) mass is 367 g/mol. The summed E-state index contributed by atoms with van der Waals surface area (Å²) >= 11 is 13.9. The second kappa shape index (κ2) is 5.76. The number of aromatic hydroxyl groups is 1. The first-order valence-electron chi connectivity index (χ1n) is 7.63. The predicted molar refractivity (Wildman–Crippen MR) is 94.0 cm³/mol. The van der Waals surface area contributed by atoms with E-state index in [-0.39, 0.29) is 17.5 Å². The van der Waals surface area contributed by atoms with Gasteiger partial charge in [0.1, 0.15) is 5.75 Å². The molecule has 1 aromatic carbocycles. The van der Waals surface area contributed by atoms with Crippen LogP contribution in [0, 0.1) is 0 Å². The Morgan fingerprint density at radius 2 is 1.91 bits per heavy atom. The van der Waals surface area contributed by atoms with E-state index in [9.17, 15) is 9.90 Å². The highest BCUT2D eigenvalue weighted by Crippen LogP contribution is 2.52. The molecule has 0 bridgehead atoms. The average Bonchev–Trinajstić information content (AvgIpc) is 2.97. The third-order valence-electron chi connectivity index (χ3n) is 4.60. The fourth-order valence-electron chi connectivity index (χ4n) is 3.58. The topological polar surface area (TPSA) is 49.3 Å². The SMILES string of the molecule is O=C1CCCC2=C1C(c1cc(Cl)c(Cl)cc1O)C1=C(CCS1)N2. The van der Waals surface area contributed by atoms with Crippen molar-refractivity contribution in [2.24, 2.45) is 0 Å². The first-order valence-corrected chi connectivity index (χ1v) is 9.37. The number of phenols is 1. The standard InChI is InChI=1S/C17H15Cl2NO2S/c18-9-6-8(14(22)7-10(9)19)15-16-11(2-1-3-13(16)21)20-12-4-5-23-17(12)15/h6-7,15,20,22H,1-5H2. The molecule has 1 unspecified atom stereocenters. The van der Waals surface area contributed by atoms with Crippen molar-refractivity contribution in [3.05, 3.63) is 49.6 Å². The summed E-state index contributed by atoms with van der Waals surface area (Å²) in [6.07, 6.45) is 3.28. The van der Waals surface area contributed by atoms with E-state index in [1.165, 1.54) is 11.8 Å². The molecule has 0 saturated carbocycles. The van der Waals surface area contributed by atoms with E-state index >= 15 is 0 Å². The van der Waals surface area contributed by atoms with Gasteiger partial charge in [0.25, 0.3) is 0 Å². The fraction of sp³-hybridized carbons (Fsp3) is 0.353. The molecule has 4 rings (SSSR count). The van der Waals surface area contributed by atoms with Gasteiger partial charge in [0.2, 0.25) is 0 Å². The molecule has 23 heavy (non-hydrogen) atoms. The average molecular weight is 368 g/mol. The normalized spacial score (nSPS) is 23.7. The van der Waals surface area contributed by atoms with Gasteiger partial charge in [0.15, 0.2) is 5.78 Å². The summed E-state index contributed by atoms with van der Waals surface area (Å²) in [5.74, 6) is 1.02. The van der Waals surface area contributed by atoms with Gasteiger partial charge >= 0.3 is 0 Å². The number of halogens is 2. The molecule has 2 heterocycles. The number of thioether (sulfide) groups is 1. The van der Waals surface area contributed by atoms with Crippen molar-refractivity contribution in [3.8, 4) is 5.75 Å². The van der Waals surface area contributed by atoms with Crippen LogP contribution in [0.3, 0.4) is 0 Å². The van der Waals surface area contributed by atoms with Gasteiger partial charge in [0, 0.05) is 45.7 Å². The molecule has 0 spiro atoms. The van der Waals surface area contributed by atoms with Crippen LogP contribution < -0.4 is 5.32 Å². The van der Waals surface area contributed by atoms with Gasteiger partial charge in [-0.05, 0) is 25.3 Å². The number of carbonyl (C=O) groups is 1. The zero-order valence-electron chi connectivity index (χ0n) is 12.3. The minimum Gasteiger partial charge on any atom is -0.508 e. The fourth-order valence-corrected chi connectivity index (χ4v) is 5.17. The summed E-state index contributed by atoms with van der Waals surface area (Å²) in [5, 5.41) is 14.6. The summed E-state index contributed by atoms with van der Waals surface area (Å²) in [4.78, 5) is 13.7. The Kier molecular flexibility index (Phi) is 3.87. The number of hydrogen-bond donors (Lipinski definition) is 2. The summed E-state index contributed by atoms with van der Waals surface area (Å²) < 4.78 is 0. The minimum atomic E-state index is -0.226. The van der Waals surface area contributed by atoms with Crippen LogP contribution in [0.2, 0.25) is 10.0 Å². The lowest BCUT2D eigenvalue weighted by Crippen LogP contribution is -2.30. The lowest BCUT2D eigenvalue weighted by Gasteiger charge is -2.33. The molecule has 0 saturated heterocycles. The van der Waals surface area contributed by atoms with E-state index < -0.39 is 0 Å². The van der Waals surface area contributed by atoms with Crippen molar-refractivity contribution in [3.63, 3.8) is 0 Å². The second-order valence-electron chi connectivity index (χ2n) is 5.99. The molecule has 1 aromatic rings. The number of carbonyl (C=O) groups excluding carboxylic acids is 1. The van der Waals surface area contributed by atoms with Crippen LogP contribution in [0.1, 0.15) is 37.2 Å². The summed E-state index contributed by atoms with van der Waals surface area (Å²) in [7, 11) is 0. The third kappa shape index (κ3) is 2.48. The summed E-state index contributed by atoms with van der Waals surface area (Å²) in [5.41, 5.74) is 3.65. The predicted octanol–water partition coefficient (Wildman–Crippen LogP) is 4.74. The molecule has 1 aliphatic carbocycles. The van der Waals surface area contributed by atoms with E-state index in [0.717, 1.165) is 41.2 Å². The number of Topliss-reactive ketones (excluding diaryl/α,β-unsaturated/α-hetero) is 1. The third-order valence-corrected chi connectivity index (χ3v) is 6.52. The maximum atomic E-state index is 12.6. The zero-order valence-corrected chi connectivity index (χ0v) is 14.6. The maximum absolute atomic E-state index is 12.6. The molecule has 1 atom stereocenters. The maximum Gasteiger partial charge on any atom is 0.161 e. The highest BCUT2D eigenvalue weighted by Gasteiger charge is 2.39. The lowest BCUT2D eigenvalue weighted by atomic mass is 9.79. The number of ketones is 1. The lowest BCUT2D eigenvalue weighted by molar-refractivity contribution is -0.116. The van der Waals surface area contributed by atoms with Crippen LogP contribution in [0.25, 0.3) is 0 Å². The van der Waals surface area contributed by atoms with Crippen molar-refractivity contribution >= 4 is 40.7 Å². The molecule has 120 valence electrons. The number of allylic oxidation sites excluding steroid dienone is 4. The molecule has 6 heteroatoms. The Hall–Kier alpha value is -1.10. The molecule has 0 aromatic heterocycles. The van der Waals surface area contributed by atoms with Gasteiger partial charge in [-0.1, -0.05) is 23.2 Å². The first kappa shape index (κ1) is 15.4. The van der Waals surface area contributed by atoms with Crippen LogP contribution in [0.5, 0.6) is 5.75 Å². The molecular weight excluding hydrogens is 353 g/mol. The van der Waals surface area contributed by atoms with E-state index in [0.29, 0.717) is 22.0 Å². The Labute approximate surface area is 148 Å². The second-order valence-corrected chi connectivity index (χ2v) is 7.94. The Morgan fingerprint density at radius 1 is 1.13 bits per heavy atom. The number of nitrogens with one attached hydrogen (secondary N) is 1.